The molecule has 0 aliphatic heterocycles. The van der Waals surface area contributed by atoms with Gasteiger partial charge in [-0.25, -0.2) is 0 Å². The molecule has 0 atom stereocenters. The van der Waals surface area contributed by atoms with Crippen LogP contribution < -0.4 is 16.0 Å². The van der Waals surface area contributed by atoms with E-state index in [9.17, 15) is 14.4 Å². The van der Waals surface area contributed by atoms with Gasteiger partial charge in [0.25, 0.3) is 11.8 Å². The molecule has 0 saturated carbocycles. The Morgan fingerprint density at radius 3 is 2.27 bits per heavy atom. The van der Waals surface area contributed by atoms with E-state index >= 15 is 0 Å². The fraction of sp³-hybridized carbons (Fsp3) is 0.136. The maximum atomic E-state index is 12.0. The molecule has 0 fully saturated rings. The summed E-state index contributed by atoms with van der Waals surface area (Å²) in [4.78, 5) is 35.9. The van der Waals surface area contributed by atoms with Crippen molar-refractivity contribution in [2.75, 3.05) is 11.9 Å². The zero-order valence-electron chi connectivity index (χ0n) is 16.0. The van der Waals surface area contributed by atoms with Crippen molar-refractivity contribution < 1.29 is 18.8 Å². The number of furan rings is 1. The third-order valence-corrected chi connectivity index (χ3v) is 4.72. The Morgan fingerprint density at radius 1 is 0.867 bits per heavy atom. The number of carbonyl (C=O) groups excluding carboxylic acids is 3. The Hall–Kier alpha value is -3.39. The van der Waals surface area contributed by atoms with Crippen LogP contribution in [-0.2, 0) is 11.3 Å². The summed E-state index contributed by atoms with van der Waals surface area (Å²) in [6.07, 6.45) is 1.62. The summed E-state index contributed by atoms with van der Waals surface area (Å²) < 4.78 is 5.94. The molecule has 0 spiro atoms. The Morgan fingerprint density at radius 2 is 1.60 bits per heavy atom. The van der Waals surface area contributed by atoms with Crippen LogP contribution in [0.3, 0.4) is 0 Å². The minimum Gasteiger partial charge on any atom is -0.459 e. The Kier molecular flexibility index (Phi) is 7.40. The first kappa shape index (κ1) is 21.3. The van der Waals surface area contributed by atoms with E-state index in [-0.39, 0.29) is 36.4 Å². The molecule has 0 radical (unpaired) electrons. The van der Waals surface area contributed by atoms with Gasteiger partial charge in [-0.3, -0.25) is 14.4 Å². The van der Waals surface area contributed by atoms with Crippen LogP contribution in [0.2, 0.25) is 0 Å². The minimum atomic E-state index is -0.328. The number of benzene rings is 2. The number of rotatable bonds is 8. The van der Waals surface area contributed by atoms with E-state index in [1.165, 1.54) is 6.26 Å². The standard InChI is InChI=1S/C22H20BrN3O4/c23-17-7-5-16(6-8-17)21(28)24-12-11-20(27)25-14-15-3-9-18(10-4-15)26-22(29)19-2-1-13-30-19/h1-10,13H,11-12,14H2,(H,24,28)(H,25,27)(H,26,29). The van der Waals surface area contributed by atoms with Gasteiger partial charge in [0.1, 0.15) is 0 Å². The van der Waals surface area contributed by atoms with E-state index in [4.69, 9.17) is 4.42 Å². The maximum Gasteiger partial charge on any atom is 0.291 e. The van der Waals surface area contributed by atoms with Crippen LogP contribution in [0.5, 0.6) is 0 Å². The summed E-state index contributed by atoms with van der Waals surface area (Å²) >= 11 is 3.32. The monoisotopic (exact) mass is 469 g/mol. The zero-order chi connectivity index (χ0) is 21.3. The second-order valence-corrected chi connectivity index (χ2v) is 7.33. The molecule has 0 aliphatic rings. The van der Waals surface area contributed by atoms with Crippen LogP contribution in [0.25, 0.3) is 0 Å². The number of anilines is 1. The fourth-order valence-electron chi connectivity index (χ4n) is 2.59. The van der Waals surface area contributed by atoms with Crippen LogP contribution in [0.15, 0.2) is 75.8 Å². The largest absolute Gasteiger partial charge is 0.459 e. The molecule has 1 heterocycles. The van der Waals surface area contributed by atoms with Gasteiger partial charge < -0.3 is 20.4 Å². The lowest BCUT2D eigenvalue weighted by Gasteiger charge is -2.08. The van der Waals surface area contributed by atoms with E-state index in [0.717, 1.165) is 10.0 Å². The second-order valence-electron chi connectivity index (χ2n) is 6.42. The van der Waals surface area contributed by atoms with E-state index in [1.54, 1.807) is 48.5 Å². The SMILES string of the molecule is O=C(CCNC(=O)c1ccc(Br)cc1)NCc1ccc(NC(=O)c2ccco2)cc1. The van der Waals surface area contributed by atoms with Gasteiger partial charge in [0.05, 0.1) is 6.26 Å². The van der Waals surface area contributed by atoms with Gasteiger partial charge in [-0.1, -0.05) is 28.1 Å². The van der Waals surface area contributed by atoms with Crippen molar-refractivity contribution in [3.05, 3.63) is 88.3 Å². The summed E-state index contributed by atoms with van der Waals surface area (Å²) in [5, 5.41) is 8.25. The molecular formula is C22H20BrN3O4. The molecule has 2 aromatic carbocycles. The summed E-state index contributed by atoms with van der Waals surface area (Å²) in [7, 11) is 0. The molecule has 3 aromatic rings. The van der Waals surface area contributed by atoms with Gasteiger partial charge in [-0.2, -0.15) is 0 Å². The van der Waals surface area contributed by atoms with Gasteiger partial charge in [0, 0.05) is 35.2 Å². The highest BCUT2D eigenvalue weighted by molar-refractivity contribution is 9.10. The maximum absolute atomic E-state index is 12.0. The first-order valence-corrected chi connectivity index (χ1v) is 10.0. The van der Waals surface area contributed by atoms with Crippen LogP contribution in [0, 0.1) is 0 Å². The quantitative estimate of drug-likeness (QED) is 0.467. The average Bonchev–Trinajstić information content (AvgIpc) is 3.29. The Labute approximate surface area is 182 Å². The van der Waals surface area contributed by atoms with Crippen molar-refractivity contribution in [1.29, 1.82) is 0 Å². The predicted molar refractivity (Wildman–Crippen MR) is 116 cm³/mol. The highest BCUT2D eigenvalue weighted by atomic mass is 79.9. The molecule has 7 nitrogen and oxygen atoms in total. The first-order chi connectivity index (χ1) is 14.5. The fourth-order valence-corrected chi connectivity index (χ4v) is 2.85. The molecule has 1 aromatic heterocycles. The summed E-state index contributed by atoms with van der Waals surface area (Å²) in [6, 6.07) is 17.3. The van der Waals surface area contributed by atoms with Crippen molar-refractivity contribution in [1.82, 2.24) is 10.6 Å². The molecule has 0 saturated heterocycles. The average molecular weight is 470 g/mol. The predicted octanol–water partition coefficient (Wildman–Crippen LogP) is 3.73. The number of amides is 3. The summed E-state index contributed by atoms with van der Waals surface area (Å²) in [5.74, 6) is -0.478. The topological polar surface area (TPSA) is 100 Å². The lowest BCUT2D eigenvalue weighted by molar-refractivity contribution is -0.121. The number of carbonyl (C=O) groups is 3. The molecular weight excluding hydrogens is 450 g/mol. The summed E-state index contributed by atoms with van der Waals surface area (Å²) in [5.41, 5.74) is 2.05. The molecule has 0 bridgehead atoms. The van der Waals surface area contributed by atoms with E-state index < -0.39 is 0 Å². The molecule has 8 heteroatoms. The van der Waals surface area contributed by atoms with Gasteiger partial charge in [0.15, 0.2) is 5.76 Å². The van der Waals surface area contributed by atoms with Crippen LogP contribution >= 0.6 is 15.9 Å². The van der Waals surface area contributed by atoms with Crippen molar-refractivity contribution in [3.8, 4) is 0 Å². The summed E-state index contributed by atoms with van der Waals surface area (Å²) in [6.45, 7) is 0.602. The molecule has 0 aliphatic carbocycles. The Balaban J connectivity index is 1.37. The number of hydrogen-bond acceptors (Lipinski definition) is 4. The third-order valence-electron chi connectivity index (χ3n) is 4.19. The minimum absolute atomic E-state index is 0.165. The molecule has 3 rings (SSSR count). The lowest BCUT2D eigenvalue weighted by Crippen LogP contribution is -2.30. The van der Waals surface area contributed by atoms with Crippen LogP contribution in [0.4, 0.5) is 5.69 Å². The van der Waals surface area contributed by atoms with E-state index in [2.05, 4.69) is 31.9 Å². The van der Waals surface area contributed by atoms with Gasteiger partial charge >= 0.3 is 0 Å². The normalized spacial score (nSPS) is 10.3. The second kappa shape index (κ2) is 10.4. The van der Waals surface area contributed by atoms with Crippen molar-refractivity contribution >= 4 is 39.3 Å². The van der Waals surface area contributed by atoms with Gasteiger partial charge in [-0.15, -0.1) is 0 Å². The van der Waals surface area contributed by atoms with E-state index in [0.29, 0.717) is 17.8 Å². The highest BCUT2D eigenvalue weighted by Gasteiger charge is 2.09. The Bertz CT molecular complexity index is 1000. The number of halogens is 1. The lowest BCUT2D eigenvalue weighted by atomic mass is 10.2. The van der Waals surface area contributed by atoms with Crippen molar-refractivity contribution in [2.24, 2.45) is 0 Å². The van der Waals surface area contributed by atoms with Crippen LogP contribution in [0.1, 0.15) is 32.9 Å². The molecule has 154 valence electrons. The van der Waals surface area contributed by atoms with Gasteiger partial charge in [-0.05, 0) is 54.1 Å². The molecule has 3 amide bonds. The smallest absolute Gasteiger partial charge is 0.291 e. The van der Waals surface area contributed by atoms with E-state index in [1.807, 2.05) is 12.1 Å². The third kappa shape index (κ3) is 6.31. The first-order valence-electron chi connectivity index (χ1n) is 9.25. The van der Waals surface area contributed by atoms with Gasteiger partial charge in [0.2, 0.25) is 5.91 Å². The van der Waals surface area contributed by atoms with Crippen molar-refractivity contribution in [3.63, 3.8) is 0 Å². The molecule has 3 N–H and O–H groups in total. The number of nitrogens with one attached hydrogen (secondary N) is 3. The molecule has 0 unspecified atom stereocenters. The number of hydrogen-bond donors (Lipinski definition) is 3. The zero-order valence-corrected chi connectivity index (χ0v) is 17.6. The van der Waals surface area contributed by atoms with Crippen molar-refractivity contribution in [2.45, 2.75) is 13.0 Å². The highest BCUT2D eigenvalue weighted by Crippen LogP contribution is 2.12. The molecule has 30 heavy (non-hydrogen) atoms. The van der Waals surface area contributed by atoms with Crippen LogP contribution in [-0.4, -0.2) is 24.3 Å².